The summed E-state index contributed by atoms with van der Waals surface area (Å²) in [6.45, 7) is 0.570. The van der Waals surface area contributed by atoms with Crippen molar-refractivity contribution in [2.45, 2.75) is 6.54 Å². The fourth-order valence-electron chi connectivity index (χ4n) is 2.95. The van der Waals surface area contributed by atoms with E-state index >= 15 is 0 Å². The van der Waals surface area contributed by atoms with Crippen molar-refractivity contribution in [2.24, 2.45) is 0 Å². The molecule has 0 aliphatic rings. The normalized spacial score (nSPS) is 10.7. The molecule has 27 heavy (non-hydrogen) atoms. The summed E-state index contributed by atoms with van der Waals surface area (Å²) in [6.07, 6.45) is 1.79. The number of nitrogens with zero attached hydrogens (tertiary/aromatic N) is 2. The first-order valence-corrected chi connectivity index (χ1v) is 8.59. The van der Waals surface area contributed by atoms with Gasteiger partial charge in [-0.2, -0.15) is 5.10 Å². The van der Waals surface area contributed by atoms with Crippen molar-refractivity contribution < 1.29 is 14.3 Å². The van der Waals surface area contributed by atoms with E-state index in [1.165, 1.54) is 7.11 Å². The molecular formula is C22H18N2O3. The molecule has 0 saturated heterocycles. The van der Waals surface area contributed by atoms with Crippen molar-refractivity contribution in [1.82, 2.24) is 9.78 Å². The molecule has 0 bridgehead atoms. The molecule has 0 radical (unpaired) electrons. The van der Waals surface area contributed by atoms with E-state index in [0.717, 1.165) is 28.0 Å². The molecule has 0 spiro atoms. The van der Waals surface area contributed by atoms with Crippen LogP contribution in [0.25, 0.3) is 10.9 Å². The van der Waals surface area contributed by atoms with Crippen molar-refractivity contribution in [1.29, 1.82) is 0 Å². The Labute approximate surface area is 156 Å². The zero-order valence-electron chi connectivity index (χ0n) is 14.8. The molecule has 5 nitrogen and oxygen atoms in total. The largest absolute Gasteiger partial charge is 0.465 e. The van der Waals surface area contributed by atoms with Crippen LogP contribution in [0.15, 0.2) is 79.0 Å². The summed E-state index contributed by atoms with van der Waals surface area (Å²) in [5.74, 6) is 1.20. The molecule has 1 aromatic heterocycles. The first-order valence-electron chi connectivity index (χ1n) is 8.59. The third kappa shape index (κ3) is 3.67. The predicted octanol–water partition coefficient (Wildman–Crippen LogP) is 4.66. The molecule has 0 N–H and O–H groups in total. The first-order chi connectivity index (χ1) is 13.2. The van der Waals surface area contributed by atoms with E-state index in [4.69, 9.17) is 9.47 Å². The number of fused-ring (bicyclic) bond motifs is 1. The maximum atomic E-state index is 11.8. The standard InChI is InChI=1S/C22H18N2O3/c1-26-22(25)17-10-11-18-14-23-24(21(18)13-17)15-16-6-5-9-20(12-16)27-19-7-3-2-4-8-19/h2-14H,15H2,1H3. The molecular weight excluding hydrogens is 340 g/mol. The summed E-state index contributed by atoms with van der Waals surface area (Å²) in [5, 5.41) is 5.43. The number of aromatic nitrogens is 2. The van der Waals surface area contributed by atoms with Gasteiger partial charge in [-0.1, -0.05) is 36.4 Å². The van der Waals surface area contributed by atoms with Crippen LogP contribution in [0.2, 0.25) is 0 Å². The molecule has 0 fully saturated rings. The van der Waals surface area contributed by atoms with Gasteiger partial charge in [-0.3, -0.25) is 4.68 Å². The van der Waals surface area contributed by atoms with Gasteiger partial charge in [0.2, 0.25) is 0 Å². The molecule has 1 heterocycles. The van der Waals surface area contributed by atoms with Gasteiger partial charge in [0.05, 0.1) is 30.9 Å². The van der Waals surface area contributed by atoms with E-state index in [9.17, 15) is 4.79 Å². The van der Waals surface area contributed by atoms with Crippen LogP contribution in [-0.2, 0) is 11.3 Å². The maximum Gasteiger partial charge on any atom is 0.337 e. The summed E-state index contributed by atoms with van der Waals surface area (Å²) in [5.41, 5.74) is 2.44. The van der Waals surface area contributed by atoms with Crippen LogP contribution in [0.4, 0.5) is 0 Å². The minimum atomic E-state index is -0.358. The number of ether oxygens (including phenoxy) is 2. The average molecular weight is 358 g/mol. The van der Waals surface area contributed by atoms with Gasteiger partial charge in [-0.15, -0.1) is 0 Å². The Balaban J connectivity index is 1.60. The molecule has 0 amide bonds. The Hall–Kier alpha value is -3.60. The third-order valence-electron chi connectivity index (χ3n) is 4.28. The highest BCUT2D eigenvalue weighted by Gasteiger charge is 2.10. The topological polar surface area (TPSA) is 53.3 Å². The van der Waals surface area contributed by atoms with Gasteiger partial charge in [0.1, 0.15) is 11.5 Å². The predicted molar refractivity (Wildman–Crippen MR) is 103 cm³/mol. The van der Waals surface area contributed by atoms with Crippen molar-refractivity contribution >= 4 is 16.9 Å². The second kappa shape index (κ2) is 7.33. The lowest BCUT2D eigenvalue weighted by Gasteiger charge is -2.09. The fraction of sp³-hybridized carbons (Fsp3) is 0.0909. The number of methoxy groups -OCH3 is 1. The number of rotatable bonds is 5. The minimum Gasteiger partial charge on any atom is -0.465 e. The highest BCUT2D eigenvalue weighted by Crippen LogP contribution is 2.23. The molecule has 0 aliphatic carbocycles. The number of hydrogen-bond acceptors (Lipinski definition) is 4. The Morgan fingerprint density at radius 1 is 0.963 bits per heavy atom. The second-order valence-corrected chi connectivity index (χ2v) is 6.13. The van der Waals surface area contributed by atoms with Crippen molar-refractivity contribution in [3.05, 3.63) is 90.1 Å². The molecule has 5 heteroatoms. The van der Waals surface area contributed by atoms with E-state index in [1.54, 1.807) is 18.3 Å². The van der Waals surface area contributed by atoms with E-state index < -0.39 is 0 Å². The Morgan fingerprint density at radius 2 is 1.78 bits per heavy atom. The Kier molecular flexibility index (Phi) is 4.58. The number of esters is 1. The van der Waals surface area contributed by atoms with Crippen molar-refractivity contribution in [3.8, 4) is 11.5 Å². The molecule has 0 saturated carbocycles. The molecule has 134 valence electrons. The zero-order valence-corrected chi connectivity index (χ0v) is 14.8. The van der Waals surface area contributed by atoms with E-state index in [2.05, 4.69) is 5.10 Å². The minimum absolute atomic E-state index is 0.358. The van der Waals surface area contributed by atoms with Crippen LogP contribution in [-0.4, -0.2) is 22.9 Å². The summed E-state index contributed by atoms with van der Waals surface area (Å²) in [7, 11) is 1.38. The van der Waals surface area contributed by atoms with E-state index in [0.29, 0.717) is 12.1 Å². The number of carbonyl (C=O) groups excluding carboxylic acids is 1. The average Bonchev–Trinajstić information content (AvgIpc) is 3.10. The van der Waals surface area contributed by atoms with Crippen LogP contribution in [0.1, 0.15) is 15.9 Å². The van der Waals surface area contributed by atoms with Crippen LogP contribution < -0.4 is 4.74 Å². The maximum absolute atomic E-state index is 11.8. The Morgan fingerprint density at radius 3 is 2.59 bits per heavy atom. The van der Waals surface area contributed by atoms with E-state index in [1.807, 2.05) is 65.3 Å². The van der Waals surface area contributed by atoms with Gasteiger partial charge < -0.3 is 9.47 Å². The van der Waals surface area contributed by atoms with Crippen LogP contribution in [0, 0.1) is 0 Å². The van der Waals surface area contributed by atoms with Gasteiger partial charge in [-0.05, 0) is 42.0 Å². The van der Waals surface area contributed by atoms with Crippen LogP contribution in [0.5, 0.6) is 11.5 Å². The van der Waals surface area contributed by atoms with Gasteiger partial charge in [-0.25, -0.2) is 4.79 Å². The molecule has 4 rings (SSSR count). The lowest BCUT2D eigenvalue weighted by atomic mass is 10.1. The molecule has 0 atom stereocenters. The molecule has 0 unspecified atom stereocenters. The van der Waals surface area contributed by atoms with Crippen molar-refractivity contribution in [2.75, 3.05) is 7.11 Å². The lowest BCUT2D eigenvalue weighted by Crippen LogP contribution is -2.04. The van der Waals surface area contributed by atoms with Gasteiger partial charge in [0.15, 0.2) is 0 Å². The highest BCUT2D eigenvalue weighted by molar-refractivity contribution is 5.94. The molecule has 0 aliphatic heterocycles. The number of para-hydroxylation sites is 1. The summed E-state index contributed by atoms with van der Waals surface area (Å²) in [4.78, 5) is 11.8. The van der Waals surface area contributed by atoms with Gasteiger partial charge in [0.25, 0.3) is 0 Å². The number of hydrogen-bond donors (Lipinski definition) is 0. The highest BCUT2D eigenvalue weighted by atomic mass is 16.5. The smallest absolute Gasteiger partial charge is 0.337 e. The van der Waals surface area contributed by atoms with Gasteiger partial charge >= 0.3 is 5.97 Å². The fourth-order valence-corrected chi connectivity index (χ4v) is 2.95. The Bertz CT molecular complexity index is 1090. The lowest BCUT2D eigenvalue weighted by molar-refractivity contribution is 0.0601. The SMILES string of the molecule is COC(=O)c1ccc2cnn(Cc3cccc(Oc4ccccc4)c3)c2c1. The quantitative estimate of drug-likeness (QED) is 0.487. The monoisotopic (exact) mass is 358 g/mol. The number of benzene rings is 3. The van der Waals surface area contributed by atoms with Crippen LogP contribution >= 0.6 is 0 Å². The molecule has 3 aromatic carbocycles. The van der Waals surface area contributed by atoms with Gasteiger partial charge in [0, 0.05) is 5.39 Å². The number of carbonyl (C=O) groups is 1. The second-order valence-electron chi connectivity index (χ2n) is 6.13. The summed E-state index contributed by atoms with van der Waals surface area (Å²) < 4.78 is 12.6. The zero-order chi connectivity index (χ0) is 18.6. The summed E-state index contributed by atoms with van der Waals surface area (Å²) in [6, 6.07) is 23.0. The van der Waals surface area contributed by atoms with E-state index in [-0.39, 0.29) is 5.97 Å². The van der Waals surface area contributed by atoms with Crippen molar-refractivity contribution in [3.63, 3.8) is 0 Å². The third-order valence-corrected chi connectivity index (χ3v) is 4.28. The molecule has 4 aromatic rings. The summed E-state index contributed by atoms with van der Waals surface area (Å²) >= 11 is 0. The van der Waals surface area contributed by atoms with Crippen LogP contribution in [0.3, 0.4) is 0 Å². The first kappa shape index (κ1) is 16.8.